The minimum absolute atomic E-state index is 0.762. The predicted molar refractivity (Wildman–Crippen MR) is 62.3 cm³/mol. The quantitative estimate of drug-likeness (QED) is 0.652. The monoisotopic (exact) mass is 215 g/mol. The summed E-state index contributed by atoms with van der Waals surface area (Å²) in [5.74, 6) is 0.762. The van der Waals surface area contributed by atoms with Crippen molar-refractivity contribution in [1.29, 1.82) is 0 Å². The Bertz CT molecular complexity index is 658. The highest BCUT2D eigenvalue weighted by Gasteiger charge is 2.19. The number of para-hydroxylation sites is 2. The molecule has 0 spiro atoms. The largest absolute Gasteiger partial charge is 0.384 e. The van der Waals surface area contributed by atoms with Gasteiger partial charge in [-0.2, -0.15) is 0 Å². The first-order valence-electron chi connectivity index (χ1n) is 5.24. The van der Waals surface area contributed by atoms with Crippen LogP contribution >= 0.6 is 0 Å². The molecule has 0 aliphatic carbocycles. The molecule has 0 aliphatic heterocycles. The van der Waals surface area contributed by atoms with Crippen LogP contribution in [0.5, 0.6) is 0 Å². The first kappa shape index (κ1) is 9.42. The summed E-state index contributed by atoms with van der Waals surface area (Å²) in [5, 5.41) is 9.91. The molecule has 0 unspecified atom stereocenters. The zero-order valence-corrected chi connectivity index (χ0v) is 9.23. The third-order valence-corrected chi connectivity index (χ3v) is 2.76. The summed E-state index contributed by atoms with van der Waals surface area (Å²) in [6, 6.07) is 7.93. The van der Waals surface area contributed by atoms with Crippen LogP contribution in [0, 0.1) is 0 Å². The van der Waals surface area contributed by atoms with E-state index in [0.29, 0.717) is 0 Å². The minimum atomic E-state index is -0.873. The molecule has 0 atom stereocenters. The molecule has 0 fully saturated rings. The summed E-state index contributed by atoms with van der Waals surface area (Å²) < 4.78 is 1.96. The number of aromatic nitrogens is 3. The van der Waals surface area contributed by atoms with Crippen molar-refractivity contribution in [3.05, 3.63) is 36.2 Å². The Morgan fingerprint density at radius 1 is 1.31 bits per heavy atom. The smallest absolute Gasteiger partial charge is 0.212 e. The number of hydrogen-bond acceptors (Lipinski definition) is 2. The number of imidazole rings is 2. The van der Waals surface area contributed by atoms with E-state index in [-0.39, 0.29) is 0 Å². The zero-order chi connectivity index (χ0) is 11.3. The number of benzene rings is 1. The lowest BCUT2D eigenvalue weighted by Gasteiger charge is -2.13. The highest BCUT2D eigenvalue weighted by Crippen LogP contribution is 2.22. The maximum atomic E-state index is 9.91. The Balaban J connectivity index is 2.35. The molecule has 4 heteroatoms. The van der Waals surface area contributed by atoms with Gasteiger partial charge in [-0.25, -0.2) is 4.98 Å². The van der Waals surface area contributed by atoms with E-state index in [1.807, 2.05) is 34.9 Å². The van der Waals surface area contributed by atoms with Gasteiger partial charge in [0.15, 0.2) is 0 Å². The van der Waals surface area contributed by atoms with Gasteiger partial charge < -0.3 is 10.1 Å². The molecule has 0 amide bonds. The summed E-state index contributed by atoms with van der Waals surface area (Å²) in [6.07, 6.45) is 1.89. The van der Waals surface area contributed by atoms with Crippen LogP contribution in [0.4, 0.5) is 0 Å². The Morgan fingerprint density at radius 3 is 2.81 bits per heavy atom. The van der Waals surface area contributed by atoms with Gasteiger partial charge in [-0.15, -0.1) is 0 Å². The molecule has 0 saturated heterocycles. The van der Waals surface area contributed by atoms with E-state index in [1.54, 1.807) is 13.8 Å². The van der Waals surface area contributed by atoms with Crippen molar-refractivity contribution in [3.63, 3.8) is 0 Å². The van der Waals surface area contributed by atoms with Gasteiger partial charge in [0.2, 0.25) is 5.78 Å². The van der Waals surface area contributed by atoms with Gasteiger partial charge in [-0.3, -0.25) is 4.40 Å². The predicted octanol–water partition coefficient (Wildman–Crippen LogP) is 2.04. The van der Waals surface area contributed by atoms with E-state index < -0.39 is 5.60 Å². The molecule has 16 heavy (non-hydrogen) atoms. The molecule has 2 heterocycles. The zero-order valence-electron chi connectivity index (χ0n) is 9.23. The van der Waals surface area contributed by atoms with Crippen LogP contribution in [0.25, 0.3) is 16.8 Å². The summed E-state index contributed by atoms with van der Waals surface area (Å²) in [7, 11) is 0. The van der Waals surface area contributed by atoms with Crippen LogP contribution in [-0.4, -0.2) is 19.5 Å². The van der Waals surface area contributed by atoms with Crippen molar-refractivity contribution in [1.82, 2.24) is 14.4 Å². The molecule has 2 N–H and O–H groups in total. The maximum absolute atomic E-state index is 9.91. The number of nitrogens with zero attached hydrogens (tertiary/aromatic N) is 2. The number of fused-ring (bicyclic) bond motifs is 3. The molecule has 2 aromatic heterocycles. The number of rotatable bonds is 1. The normalized spacial score (nSPS) is 12.7. The second-order valence-electron chi connectivity index (χ2n) is 4.52. The van der Waals surface area contributed by atoms with Gasteiger partial charge in [0.25, 0.3) is 0 Å². The lowest BCUT2D eigenvalue weighted by molar-refractivity contribution is 0.0744. The maximum Gasteiger partial charge on any atom is 0.212 e. The van der Waals surface area contributed by atoms with Gasteiger partial charge >= 0.3 is 0 Å². The summed E-state index contributed by atoms with van der Waals surface area (Å²) in [5.41, 5.74) is 1.89. The molecular weight excluding hydrogens is 202 g/mol. The molecule has 1 aromatic carbocycles. The first-order chi connectivity index (χ1) is 7.55. The van der Waals surface area contributed by atoms with Crippen LogP contribution < -0.4 is 0 Å². The van der Waals surface area contributed by atoms with Crippen LogP contribution in [-0.2, 0) is 5.60 Å². The SMILES string of the molecule is CC(C)(O)c1cn2c(nc3ccccc32)[nH]1. The molecule has 0 aliphatic rings. The fraction of sp³-hybridized carbons (Fsp3) is 0.250. The molecule has 0 radical (unpaired) electrons. The molecule has 0 bridgehead atoms. The van der Waals surface area contributed by atoms with Gasteiger partial charge in [-0.1, -0.05) is 12.1 Å². The average Bonchev–Trinajstić information content (AvgIpc) is 2.72. The fourth-order valence-corrected chi connectivity index (χ4v) is 1.86. The van der Waals surface area contributed by atoms with Crippen molar-refractivity contribution in [2.24, 2.45) is 0 Å². The number of H-pyrrole nitrogens is 1. The van der Waals surface area contributed by atoms with E-state index in [2.05, 4.69) is 9.97 Å². The van der Waals surface area contributed by atoms with E-state index in [9.17, 15) is 5.11 Å². The topological polar surface area (TPSA) is 53.3 Å². The Labute approximate surface area is 92.5 Å². The summed E-state index contributed by atoms with van der Waals surface area (Å²) in [4.78, 5) is 7.57. The van der Waals surface area contributed by atoms with E-state index in [0.717, 1.165) is 22.5 Å². The van der Waals surface area contributed by atoms with Crippen LogP contribution in [0.1, 0.15) is 19.5 Å². The molecule has 3 rings (SSSR count). The lowest BCUT2D eigenvalue weighted by Crippen LogP contribution is -2.15. The van der Waals surface area contributed by atoms with Crippen LogP contribution in [0.15, 0.2) is 30.5 Å². The Hall–Kier alpha value is -1.81. The van der Waals surface area contributed by atoms with Gasteiger partial charge in [0.1, 0.15) is 5.60 Å². The van der Waals surface area contributed by atoms with Crippen LogP contribution in [0.2, 0.25) is 0 Å². The second kappa shape index (κ2) is 2.86. The summed E-state index contributed by atoms with van der Waals surface area (Å²) >= 11 is 0. The highest BCUT2D eigenvalue weighted by atomic mass is 16.3. The van der Waals surface area contributed by atoms with E-state index >= 15 is 0 Å². The van der Waals surface area contributed by atoms with Crippen molar-refractivity contribution in [3.8, 4) is 0 Å². The molecule has 0 saturated carbocycles. The van der Waals surface area contributed by atoms with E-state index in [1.165, 1.54) is 0 Å². The van der Waals surface area contributed by atoms with Crippen LogP contribution in [0.3, 0.4) is 0 Å². The Morgan fingerprint density at radius 2 is 2.06 bits per heavy atom. The third kappa shape index (κ3) is 1.23. The molecule has 3 aromatic rings. The Kier molecular flexibility index (Phi) is 1.68. The lowest BCUT2D eigenvalue weighted by atomic mass is 10.1. The first-order valence-corrected chi connectivity index (χ1v) is 5.24. The fourth-order valence-electron chi connectivity index (χ4n) is 1.86. The highest BCUT2D eigenvalue weighted by molar-refractivity contribution is 5.79. The third-order valence-electron chi connectivity index (χ3n) is 2.76. The molecule has 82 valence electrons. The van der Waals surface area contributed by atoms with Gasteiger partial charge in [0.05, 0.1) is 16.7 Å². The molecular formula is C12H13N3O. The average molecular weight is 215 g/mol. The van der Waals surface area contributed by atoms with E-state index in [4.69, 9.17) is 0 Å². The molecule has 4 nitrogen and oxygen atoms in total. The number of aliphatic hydroxyl groups is 1. The van der Waals surface area contributed by atoms with Gasteiger partial charge in [0, 0.05) is 6.20 Å². The van der Waals surface area contributed by atoms with Crippen molar-refractivity contribution in [2.45, 2.75) is 19.4 Å². The number of nitrogens with one attached hydrogen (secondary N) is 1. The minimum Gasteiger partial charge on any atom is -0.384 e. The summed E-state index contributed by atoms with van der Waals surface area (Å²) in [6.45, 7) is 3.50. The number of hydrogen-bond donors (Lipinski definition) is 2. The van der Waals surface area contributed by atoms with Crippen molar-refractivity contribution < 1.29 is 5.11 Å². The van der Waals surface area contributed by atoms with Gasteiger partial charge in [-0.05, 0) is 26.0 Å². The van der Waals surface area contributed by atoms with Crippen molar-refractivity contribution >= 4 is 16.8 Å². The number of aromatic amines is 1. The standard InChI is InChI=1S/C12H13N3O/c1-12(2,16)10-7-15-9-6-4-3-5-8(9)13-11(15)14-10/h3-7,16H,1-2H3,(H,13,14). The second-order valence-corrected chi connectivity index (χ2v) is 4.52. The van der Waals surface area contributed by atoms with Crippen molar-refractivity contribution in [2.75, 3.05) is 0 Å².